The van der Waals surface area contributed by atoms with Crippen molar-refractivity contribution in [3.8, 4) is 5.88 Å². The van der Waals surface area contributed by atoms with E-state index in [1.165, 1.54) is 4.98 Å². The molecule has 0 aliphatic carbocycles. The predicted octanol–water partition coefficient (Wildman–Crippen LogP) is 2.08. The highest BCUT2D eigenvalue weighted by Gasteiger charge is 2.41. The van der Waals surface area contributed by atoms with Gasteiger partial charge in [-0.15, -0.1) is 13.2 Å². The number of ether oxygens (including phenoxy) is 2. The van der Waals surface area contributed by atoms with E-state index in [2.05, 4.69) is 9.47 Å². The number of aromatic nitrogens is 1. The van der Waals surface area contributed by atoms with Crippen molar-refractivity contribution in [2.24, 2.45) is 0 Å². The maximum atomic E-state index is 12.6. The van der Waals surface area contributed by atoms with Crippen LogP contribution >= 0.6 is 0 Å². The number of carbonyl (C=O) groups excluding carboxylic acids is 1. The molecule has 1 rings (SSSR count). The first-order valence-corrected chi connectivity index (χ1v) is 4.64. The first kappa shape index (κ1) is 15.9. The van der Waals surface area contributed by atoms with E-state index in [9.17, 15) is 35.9 Å². The lowest BCUT2D eigenvalue weighted by molar-refractivity contribution is -0.276. The van der Waals surface area contributed by atoms with E-state index in [1.807, 2.05) is 0 Å². The molecule has 1 aromatic rings. The van der Waals surface area contributed by atoms with Gasteiger partial charge in [-0.1, -0.05) is 0 Å². The van der Waals surface area contributed by atoms with Crippen LogP contribution in [0.25, 0.3) is 0 Å². The summed E-state index contributed by atoms with van der Waals surface area (Å²) in [7, 11) is 0.658. The zero-order valence-corrected chi connectivity index (χ0v) is 9.48. The fraction of sp³-hybridized carbons (Fsp3) is 0.333. The van der Waals surface area contributed by atoms with Crippen LogP contribution in [0.4, 0.5) is 26.3 Å². The molecule has 0 unspecified atom stereocenters. The minimum atomic E-state index is -5.41. The molecule has 5 nitrogen and oxygen atoms in total. The van der Waals surface area contributed by atoms with Gasteiger partial charge in [-0.25, -0.2) is 4.79 Å². The van der Waals surface area contributed by atoms with Crippen molar-refractivity contribution in [2.45, 2.75) is 12.5 Å². The fourth-order valence-corrected chi connectivity index (χ4v) is 1.26. The van der Waals surface area contributed by atoms with Crippen molar-refractivity contribution >= 4 is 5.97 Å². The van der Waals surface area contributed by atoms with Gasteiger partial charge in [0.1, 0.15) is 5.56 Å². The van der Waals surface area contributed by atoms with E-state index < -0.39 is 41.1 Å². The van der Waals surface area contributed by atoms with Gasteiger partial charge in [0.2, 0.25) is 5.88 Å². The van der Waals surface area contributed by atoms with Gasteiger partial charge in [0, 0.05) is 6.07 Å². The fourth-order valence-electron chi connectivity index (χ4n) is 1.26. The first-order chi connectivity index (χ1) is 8.95. The standard InChI is InChI=1S/C9H5F6NO4/c1-19-7(18)5-3(8(10,11)12)2-4(17)16-6(5)20-9(13,14)15/h2H,1H3,(H,16,17). The number of H-pyrrole nitrogens is 1. The van der Waals surface area contributed by atoms with E-state index in [0.29, 0.717) is 7.11 Å². The molecule has 0 fully saturated rings. The maximum Gasteiger partial charge on any atom is 0.574 e. The molecule has 20 heavy (non-hydrogen) atoms. The molecular formula is C9H5F6NO4. The summed E-state index contributed by atoms with van der Waals surface area (Å²) in [5.41, 5.74) is -4.99. The molecule has 0 atom stereocenters. The van der Waals surface area contributed by atoms with Gasteiger partial charge in [-0.2, -0.15) is 13.2 Å². The molecule has 0 amide bonds. The summed E-state index contributed by atoms with van der Waals surface area (Å²) in [6, 6.07) is -0.0739. The molecule has 0 saturated heterocycles. The molecule has 11 heteroatoms. The van der Waals surface area contributed by atoms with Crippen LogP contribution in [0.1, 0.15) is 15.9 Å². The quantitative estimate of drug-likeness (QED) is 0.671. The Morgan fingerprint density at radius 3 is 2.15 bits per heavy atom. The third kappa shape index (κ3) is 3.65. The smallest absolute Gasteiger partial charge is 0.465 e. The second-order valence-electron chi connectivity index (χ2n) is 3.29. The summed E-state index contributed by atoms with van der Waals surface area (Å²) in [4.78, 5) is 23.5. The average molecular weight is 305 g/mol. The number of alkyl halides is 6. The van der Waals surface area contributed by atoms with Gasteiger partial charge in [0.15, 0.2) is 0 Å². The van der Waals surface area contributed by atoms with Gasteiger partial charge >= 0.3 is 18.5 Å². The summed E-state index contributed by atoms with van der Waals surface area (Å²) in [5.74, 6) is -3.43. The van der Waals surface area contributed by atoms with Crippen molar-refractivity contribution in [1.29, 1.82) is 0 Å². The number of nitrogens with one attached hydrogen (secondary N) is 1. The zero-order chi connectivity index (χ0) is 15.7. The van der Waals surface area contributed by atoms with Gasteiger partial charge in [-0.05, 0) is 0 Å². The molecule has 0 bridgehead atoms. The molecule has 0 radical (unpaired) electrons. The maximum absolute atomic E-state index is 12.6. The number of pyridine rings is 1. The normalized spacial score (nSPS) is 12.2. The summed E-state index contributed by atoms with van der Waals surface area (Å²) in [6.45, 7) is 0. The van der Waals surface area contributed by atoms with Crippen LogP contribution in [0.2, 0.25) is 0 Å². The molecule has 0 aliphatic rings. The third-order valence-corrected chi connectivity index (χ3v) is 1.92. The number of aromatic amines is 1. The van der Waals surface area contributed by atoms with E-state index in [0.717, 1.165) is 0 Å². The van der Waals surface area contributed by atoms with Gasteiger partial charge < -0.3 is 9.47 Å². The molecule has 0 spiro atoms. The highest BCUT2D eigenvalue weighted by molar-refractivity contribution is 5.93. The molecule has 0 aromatic carbocycles. The molecule has 112 valence electrons. The Bertz CT molecular complexity index is 573. The minimum absolute atomic E-state index is 0.0739. The summed E-state index contributed by atoms with van der Waals surface area (Å²) in [5, 5.41) is 0. The largest absolute Gasteiger partial charge is 0.574 e. The molecule has 0 aliphatic heterocycles. The van der Waals surface area contributed by atoms with Gasteiger partial charge in [0.05, 0.1) is 12.7 Å². The van der Waals surface area contributed by atoms with Crippen molar-refractivity contribution in [3.05, 3.63) is 27.5 Å². The Kier molecular flexibility index (Phi) is 4.01. The SMILES string of the molecule is COC(=O)c1c(C(F)(F)F)cc(=O)[nH]c1OC(F)(F)F. The van der Waals surface area contributed by atoms with Crippen molar-refractivity contribution < 1.29 is 40.6 Å². The number of methoxy groups -OCH3 is 1. The van der Waals surface area contributed by atoms with E-state index >= 15 is 0 Å². The number of rotatable bonds is 2. The number of esters is 1. The third-order valence-electron chi connectivity index (χ3n) is 1.92. The second-order valence-corrected chi connectivity index (χ2v) is 3.29. The van der Waals surface area contributed by atoms with Gasteiger partial charge in [0.25, 0.3) is 5.56 Å². The summed E-state index contributed by atoms with van der Waals surface area (Å²) in [6.07, 6.45) is -10.7. The van der Waals surface area contributed by atoms with Crippen LogP contribution in [0.15, 0.2) is 10.9 Å². The highest BCUT2D eigenvalue weighted by atomic mass is 19.4. The van der Waals surface area contributed by atoms with E-state index in [-0.39, 0.29) is 6.07 Å². The monoisotopic (exact) mass is 305 g/mol. The van der Waals surface area contributed by atoms with Crippen LogP contribution in [-0.2, 0) is 10.9 Å². The average Bonchev–Trinajstić information content (AvgIpc) is 2.23. The van der Waals surface area contributed by atoms with Crippen molar-refractivity contribution in [1.82, 2.24) is 4.98 Å². The molecule has 0 saturated carbocycles. The lowest BCUT2D eigenvalue weighted by Crippen LogP contribution is -2.26. The number of carbonyl (C=O) groups is 1. The Labute approximate surface area is 106 Å². The van der Waals surface area contributed by atoms with E-state index in [4.69, 9.17) is 0 Å². The predicted molar refractivity (Wildman–Crippen MR) is 50.1 cm³/mol. The van der Waals surface area contributed by atoms with Crippen LogP contribution in [-0.4, -0.2) is 24.4 Å². The zero-order valence-electron chi connectivity index (χ0n) is 9.48. The minimum Gasteiger partial charge on any atom is -0.465 e. The Morgan fingerprint density at radius 2 is 1.75 bits per heavy atom. The Balaban J connectivity index is 3.61. The Hall–Kier alpha value is -2.20. The van der Waals surface area contributed by atoms with E-state index in [1.54, 1.807) is 0 Å². The lowest BCUT2D eigenvalue weighted by Gasteiger charge is -2.15. The van der Waals surface area contributed by atoms with Crippen LogP contribution in [0.5, 0.6) is 5.88 Å². The molecule has 1 aromatic heterocycles. The van der Waals surface area contributed by atoms with Crippen LogP contribution in [0.3, 0.4) is 0 Å². The topological polar surface area (TPSA) is 68.4 Å². The number of halogens is 6. The van der Waals surface area contributed by atoms with Crippen LogP contribution < -0.4 is 10.3 Å². The highest BCUT2D eigenvalue weighted by Crippen LogP contribution is 2.35. The summed E-state index contributed by atoms with van der Waals surface area (Å²) < 4.78 is 81.3. The summed E-state index contributed by atoms with van der Waals surface area (Å²) >= 11 is 0. The van der Waals surface area contributed by atoms with Crippen molar-refractivity contribution in [3.63, 3.8) is 0 Å². The van der Waals surface area contributed by atoms with Crippen molar-refractivity contribution in [2.75, 3.05) is 7.11 Å². The number of hydrogen-bond acceptors (Lipinski definition) is 4. The number of hydrogen-bond donors (Lipinski definition) is 1. The van der Waals surface area contributed by atoms with Gasteiger partial charge in [-0.3, -0.25) is 9.78 Å². The molecule has 1 heterocycles. The lowest BCUT2D eigenvalue weighted by atomic mass is 10.1. The first-order valence-electron chi connectivity index (χ1n) is 4.64. The molecular weight excluding hydrogens is 300 g/mol. The van der Waals surface area contributed by atoms with Crippen LogP contribution in [0, 0.1) is 0 Å². The Morgan fingerprint density at radius 1 is 1.20 bits per heavy atom. The second kappa shape index (κ2) is 5.06. The molecule has 1 N–H and O–H groups in total.